The third-order valence-corrected chi connectivity index (χ3v) is 1.66. The summed E-state index contributed by atoms with van der Waals surface area (Å²) in [5.41, 5.74) is 8.88. The second kappa shape index (κ2) is 3.49. The summed E-state index contributed by atoms with van der Waals surface area (Å²) in [6.07, 6.45) is 0.981. The van der Waals surface area contributed by atoms with E-state index in [-0.39, 0.29) is 0 Å². The lowest BCUT2D eigenvalue weighted by atomic mass is 10.2. The maximum absolute atomic E-state index is 5.51. The van der Waals surface area contributed by atoms with Crippen molar-refractivity contribution in [2.24, 2.45) is 5.73 Å². The Labute approximate surface area is 67.5 Å². The van der Waals surface area contributed by atoms with Crippen molar-refractivity contribution in [1.82, 2.24) is 4.98 Å². The molecule has 11 heavy (non-hydrogen) atoms. The Morgan fingerprint density at radius 3 is 2.73 bits per heavy atom. The van der Waals surface area contributed by atoms with Crippen molar-refractivity contribution in [2.75, 3.05) is 0 Å². The van der Waals surface area contributed by atoms with E-state index in [1.165, 1.54) is 5.56 Å². The lowest BCUT2D eigenvalue weighted by Gasteiger charge is -2.01. The Kier molecular flexibility index (Phi) is 2.60. The molecule has 0 unspecified atom stereocenters. The van der Waals surface area contributed by atoms with Gasteiger partial charge >= 0.3 is 0 Å². The first-order valence-corrected chi connectivity index (χ1v) is 3.92. The van der Waals surface area contributed by atoms with Gasteiger partial charge < -0.3 is 5.73 Å². The van der Waals surface area contributed by atoms with Crippen molar-refractivity contribution in [2.45, 2.75) is 26.8 Å². The monoisotopic (exact) mass is 150 g/mol. The van der Waals surface area contributed by atoms with E-state index in [9.17, 15) is 0 Å². The topological polar surface area (TPSA) is 38.9 Å². The molecule has 1 aromatic heterocycles. The molecule has 0 radical (unpaired) electrons. The maximum atomic E-state index is 5.51. The minimum absolute atomic E-state index is 0.607. The van der Waals surface area contributed by atoms with E-state index in [1.807, 2.05) is 13.0 Å². The lowest BCUT2D eigenvalue weighted by Crippen LogP contribution is -2.00. The second-order valence-corrected chi connectivity index (χ2v) is 2.67. The Morgan fingerprint density at radius 2 is 2.18 bits per heavy atom. The molecule has 0 fully saturated rings. The first-order valence-electron chi connectivity index (χ1n) is 3.92. The standard InChI is InChI=1S/C9H14N2/c1-3-9-5-8(6-10)4-7(2)11-9/h4-5H,3,6,10H2,1-2H3. The van der Waals surface area contributed by atoms with Crippen molar-refractivity contribution in [3.05, 3.63) is 29.1 Å². The third-order valence-electron chi connectivity index (χ3n) is 1.66. The number of hydrogen-bond donors (Lipinski definition) is 1. The zero-order chi connectivity index (χ0) is 8.27. The Bertz CT molecular complexity index is 221. The van der Waals surface area contributed by atoms with Crippen molar-refractivity contribution in [1.29, 1.82) is 0 Å². The highest BCUT2D eigenvalue weighted by Gasteiger charge is 1.95. The van der Waals surface area contributed by atoms with E-state index in [0.717, 1.165) is 17.8 Å². The molecule has 2 heteroatoms. The number of nitrogens with zero attached hydrogens (tertiary/aromatic N) is 1. The lowest BCUT2D eigenvalue weighted by molar-refractivity contribution is 0.966. The maximum Gasteiger partial charge on any atom is 0.0407 e. The Morgan fingerprint density at radius 1 is 1.45 bits per heavy atom. The molecule has 0 atom stereocenters. The van der Waals surface area contributed by atoms with Gasteiger partial charge in [0.05, 0.1) is 0 Å². The van der Waals surface area contributed by atoms with E-state index in [4.69, 9.17) is 5.73 Å². The number of nitrogens with two attached hydrogens (primary N) is 1. The van der Waals surface area contributed by atoms with Crippen LogP contribution in [0.1, 0.15) is 23.9 Å². The molecule has 2 nitrogen and oxygen atoms in total. The minimum Gasteiger partial charge on any atom is -0.326 e. The first-order chi connectivity index (χ1) is 5.26. The molecule has 1 rings (SSSR count). The number of aromatic nitrogens is 1. The smallest absolute Gasteiger partial charge is 0.0407 e. The summed E-state index contributed by atoms with van der Waals surface area (Å²) in [4.78, 5) is 4.34. The molecule has 1 heterocycles. The average Bonchev–Trinajstić information content (AvgIpc) is 2.03. The summed E-state index contributed by atoms with van der Waals surface area (Å²) in [5.74, 6) is 0. The predicted molar refractivity (Wildman–Crippen MR) is 46.2 cm³/mol. The van der Waals surface area contributed by atoms with Crippen molar-refractivity contribution in [3.63, 3.8) is 0 Å². The molecule has 2 N–H and O–H groups in total. The third kappa shape index (κ3) is 2.02. The van der Waals surface area contributed by atoms with Crippen LogP contribution >= 0.6 is 0 Å². The van der Waals surface area contributed by atoms with Crippen LogP contribution in [0.5, 0.6) is 0 Å². The molecular weight excluding hydrogens is 136 g/mol. The minimum atomic E-state index is 0.607. The van der Waals surface area contributed by atoms with Gasteiger partial charge in [-0.2, -0.15) is 0 Å². The molecule has 0 saturated heterocycles. The highest BCUT2D eigenvalue weighted by Crippen LogP contribution is 2.04. The molecular formula is C9H14N2. The summed E-state index contributed by atoms with van der Waals surface area (Å²) in [6.45, 7) is 4.71. The van der Waals surface area contributed by atoms with Crippen LogP contribution in [0.3, 0.4) is 0 Å². The zero-order valence-corrected chi connectivity index (χ0v) is 7.09. The van der Waals surface area contributed by atoms with Crippen LogP contribution in [0.15, 0.2) is 12.1 Å². The number of pyridine rings is 1. The first kappa shape index (κ1) is 8.21. The van der Waals surface area contributed by atoms with Gasteiger partial charge in [-0.15, -0.1) is 0 Å². The quantitative estimate of drug-likeness (QED) is 0.692. The molecule has 0 aliphatic heterocycles. The van der Waals surface area contributed by atoms with E-state index >= 15 is 0 Å². The van der Waals surface area contributed by atoms with Gasteiger partial charge in [0.2, 0.25) is 0 Å². The molecule has 0 bridgehead atoms. The summed E-state index contributed by atoms with van der Waals surface area (Å²) < 4.78 is 0. The van der Waals surface area contributed by atoms with Gasteiger partial charge in [-0.05, 0) is 31.0 Å². The van der Waals surface area contributed by atoms with Crippen molar-refractivity contribution in [3.8, 4) is 0 Å². The fraction of sp³-hybridized carbons (Fsp3) is 0.444. The molecule has 1 aromatic rings. The second-order valence-electron chi connectivity index (χ2n) is 2.67. The van der Waals surface area contributed by atoms with Crippen LogP contribution in [0.25, 0.3) is 0 Å². The van der Waals surface area contributed by atoms with Gasteiger partial charge in [0.1, 0.15) is 0 Å². The number of hydrogen-bond acceptors (Lipinski definition) is 2. The van der Waals surface area contributed by atoms with Gasteiger partial charge in [0.25, 0.3) is 0 Å². The summed E-state index contributed by atoms with van der Waals surface area (Å²) in [7, 11) is 0. The molecule has 0 spiro atoms. The van der Waals surface area contributed by atoms with Crippen molar-refractivity contribution < 1.29 is 0 Å². The van der Waals surface area contributed by atoms with E-state index in [0.29, 0.717) is 6.54 Å². The zero-order valence-electron chi connectivity index (χ0n) is 7.09. The van der Waals surface area contributed by atoms with Crippen LogP contribution in [-0.2, 0) is 13.0 Å². The summed E-state index contributed by atoms with van der Waals surface area (Å²) in [5, 5.41) is 0. The van der Waals surface area contributed by atoms with Crippen LogP contribution in [0, 0.1) is 6.92 Å². The predicted octanol–water partition coefficient (Wildman–Crippen LogP) is 1.41. The summed E-state index contributed by atoms with van der Waals surface area (Å²) in [6, 6.07) is 4.09. The largest absolute Gasteiger partial charge is 0.326 e. The summed E-state index contributed by atoms with van der Waals surface area (Å²) >= 11 is 0. The van der Waals surface area contributed by atoms with Gasteiger partial charge in [0.15, 0.2) is 0 Å². The van der Waals surface area contributed by atoms with Gasteiger partial charge in [-0.25, -0.2) is 0 Å². The molecule has 0 amide bonds. The van der Waals surface area contributed by atoms with Crippen LogP contribution in [-0.4, -0.2) is 4.98 Å². The molecule has 0 aliphatic rings. The van der Waals surface area contributed by atoms with E-state index < -0.39 is 0 Å². The highest BCUT2D eigenvalue weighted by atomic mass is 14.7. The van der Waals surface area contributed by atoms with Crippen LogP contribution < -0.4 is 5.73 Å². The average molecular weight is 150 g/mol. The molecule has 0 aliphatic carbocycles. The fourth-order valence-electron chi connectivity index (χ4n) is 1.11. The Hall–Kier alpha value is -0.890. The normalized spacial score (nSPS) is 10.1. The Balaban J connectivity index is 3.02. The SMILES string of the molecule is CCc1cc(CN)cc(C)n1. The molecule has 0 saturated carbocycles. The van der Waals surface area contributed by atoms with Crippen molar-refractivity contribution >= 4 is 0 Å². The number of aryl methyl sites for hydroxylation is 2. The highest BCUT2D eigenvalue weighted by molar-refractivity contribution is 5.20. The van der Waals surface area contributed by atoms with E-state index in [1.54, 1.807) is 0 Å². The van der Waals surface area contributed by atoms with Gasteiger partial charge in [-0.3, -0.25) is 4.98 Å². The number of rotatable bonds is 2. The molecule has 0 aromatic carbocycles. The molecule has 60 valence electrons. The van der Waals surface area contributed by atoms with Gasteiger partial charge in [-0.1, -0.05) is 6.92 Å². The van der Waals surface area contributed by atoms with Crippen LogP contribution in [0.4, 0.5) is 0 Å². The van der Waals surface area contributed by atoms with E-state index in [2.05, 4.69) is 18.0 Å². The van der Waals surface area contributed by atoms with Gasteiger partial charge in [0, 0.05) is 17.9 Å². The fourth-order valence-corrected chi connectivity index (χ4v) is 1.11. The van der Waals surface area contributed by atoms with Crippen LogP contribution in [0.2, 0.25) is 0 Å².